The van der Waals surface area contributed by atoms with E-state index in [4.69, 9.17) is 4.42 Å². The summed E-state index contributed by atoms with van der Waals surface area (Å²) in [5.74, 6) is 0.537. The van der Waals surface area contributed by atoms with Crippen molar-refractivity contribution in [3.8, 4) is 0 Å². The third kappa shape index (κ3) is 3.31. The highest BCUT2D eigenvalue weighted by atomic mass is 16.4. The lowest BCUT2D eigenvalue weighted by Crippen LogP contribution is -2.23. The molecular weight excluding hydrogens is 320 g/mol. The average molecular weight is 340 g/mol. The molecule has 0 spiro atoms. The Hall–Kier alpha value is -2.96. The Morgan fingerprint density at radius 2 is 2.08 bits per heavy atom. The Balaban J connectivity index is 1.89. The van der Waals surface area contributed by atoms with E-state index in [0.717, 1.165) is 35.4 Å². The first-order valence-corrected chi connectivity index (χ1v) is 8.11. The van der Waals surface area contributed by atoms with Gasteiger partial charge in [-0.1, -0.05) is 6.07 Å². The minimum Gasteiger partial charge on any atom is -0.455 e. The van der Waals surface area contributed by atoms with E-state index in [0.29, 0.717) is 17.9 Å². The molecule has 7 nitrogen and oxygen atoms in total. The number of pyridine rings is 1. The summed E-state index contributed by atoms with van der Waals surface area (Å²) in [6.07, 6.45) is 3.88. The van der Waals surface area contributed by atoms with Gasteiger partial charge in [-0.3, -0.25) is 14.6 Å². The second-order valence-corrected chi connectivity index (χ2v) is 6.12. The topological polar surface area (TPSA) is 87.8 Å². The summed E-state index contributed by atoms with van der Waals surface area (Å²) in [6.45, 7) is 1.85. The number of carbonyl (C=O) groups is 2. The summed E-state index contributed by atoms with van der Waals surface area (Å²) < 4.78 is 5.78. The minimum absolute atomic E-state index is 0.177. The second kappa shape index (κ2) is 6.88. The third-order valence-electron chi connectivity index (χ3n) is 4.12. The SMILES string of the molecule is Cc1c(C(=O)N(C)C)oc2c1/C(=N/NC(=O)c1ccccn1)CCC2. The van der Waals surface area contributed by atoms with Crippen LogP contribution in [0, 0.1) is 6.92 Å². The summed E-state index contributed by atoms with van der Waals surface area (Å²) in [5, 5.41) is 4.27. The van der Waals surface area contributed by atoms with Crippen LogP contribution < -0.4 is 5.43 Å². The Kier molecular flexibility index (Phi) is 4.65. The number of furan rings is 1. The standard InChI is InChI=1S/C18H20N4O3/c1-11-15-12(20-21-17(23)13-7-4-5-10-19-13)8-6-9-14(15)25-16(11)18(24)22(2)3/h4-5,7,10H,6,8-9H2,1-3H3,(H,21,23)/b20-12+. The number of carbonyl (C=O) groups excluding carboxylic acids is 2. The van der Waals surface area contributed by atoms with Crippen LogP contribution in [-0.2, 0) is 6.42 Å². The Labute approximate surface area is 145 Å². The van der Waals surface area contributed by atoms with Gasteiger partial charge in [0.25, 0.3) is 11.8 Å². The number of rotatable bonds is 3. The van der Waals surface area contributed by atoms with Crippen LogP contribution >= 0.6 is 0 Å². The summed E-state index contributed by atoms with van der Waals surface area (Å²) in [6, 6.07) is 5.11. The van der Waals surface area contributed by atoms with Crippen molar-refractivity contribution in [1.29, 1.82) is 0 Å². The molecular formula is C18H20N4O3. The van der Waals surface area contributed by atoms with Gasteiger partial charge >= 0.3 is 0 Å². The number of aromatic nitrogens is 1. The highest BCUT2D eigenvalue weighted by molar-refractivity contribution is 6.07. The molecule has 25 heavy (non-hydrogen) atoms. The predicted molar refractivity (Wildman–Crippen MR) is 92.6 cm³/mol. The van der Waals surface area contributed by atoms with E-state index < -0.39 is 0 Å². The molecule has 0 fully saturated rings. The van der Waals surface area contributed by atoms with Crippen molar-refractivity contribution in [2.75, 3.05) is 14.1 Å². The highest BCUT2D eigenvalue weighted by Gasteiger charge is 2.28. The van der Waals surface area contributed by atoms with E-state index >= 15 is 0 Å². The predicted octanol–water partition coefficient (Wildman–Crippen LogP) is 2.16. The molecule has 2 aromatic heterocycles. The molecule has 130 valence electrons. The molecule has 1 N–H and O–H groups in total. The number of nitrogens with zero attached hydrogens (tertiary/aromatic N) is 3. The van der Waals surface area contributed by atoms with Gasteiger partial charge in [-0.05, 0) is 31.9 Å². The molecule has 1 aliphatic carbocycles. The van der Waals surface area contributed by atoms with Crippen molar-refractivity contribution >= 4 is 17.5 Å². The normalized spacial score (nSPS) is 14.9. The van der Waals surface area contributed by atoms with E-state index in [9.17, 15) is 9.59 Å². The first kappa shape index (κ1) is 16.9. The first-order chi connectivity index (χ1) is 12.0. The molecule has 0 saturated heterocycles. The lowest BCUT2D eigenvalue weighted by atomic mass is 9.93. The fourth-order valence-corrected chi connectivity index (χ4v) is 2.86. The van der Waals surface area contributed by atoms with Crippen LogP contribution in [0.25, 0.3) is 0 Å². The molecule has 2 aromatic rings. The van der Waals surface area contributed by atoms with E-state index in [-0.39, 0.29) is 11.8 Å². The maximum absolute atomic E-state index is 12.3. The zero-order valence-corrected chi connectivity index (χ0v) is 14.5. The van der Waals surface area contributed by atoms with Crippen molar-refractivity contribution in [3.05, 3.63) is 52.7 Å². The number of amides is 2. The molecule has 0 radical (unpaired) electrons. The zero-order chi connectivity index (χ0) is 18.0. The lowest BCUT2D eigenvalue weighted by Gasteiger charge is -2.13. The molecule has 1 aliphatic rings. The summed E-state index contributed by atoms with van der Waals surface area (Å²) >= 11 is 0. The van der Waals surface area contributed by atoms with Crippen LogP contribution in [0.4, 0.5) is 0 Å². The maximum atomic E-state index is 12.3. The molecule has 0 aromatic carbocycles. The fourth-order valence-electron chi connectivity index (χ4n) is 2.86. The van der Waals surface area contributed by atoms with Gasteiger partial charge in [0.15, 0.2) is 5.76 Å². The smallest absolute Gasteiger partial charge is 0.289 e. The van der Waals surface area contributed by atoms with E-state index in [2.05, 4.69) is 15.5 Å². The molecule has 7 heteroatoms. The van der Waals surface area contributed by atoms with E-state index in [1.807, 2.05) is 6.92 Å². The first-order valence-electron chi connectivity index (χ1n) is 8.11. The maximum Gasteiger partial charge on any atom is 0.289 e. The molecule has 0 unspecified atom stereocenters. The summed E-state index contributed by atoms with van der Waals surface area (Å²) in [7, 11) is 3.37. The summed E-state index contributed by atoms with van der Waals surface area (Å²) in [5.41, 5.74) is 5.17. The number of hydrazone groups is 1. The molecule has 0 bridgehead atoms. The molecule has 3 rings (SSSR count). The number of hydrogen-bond acceptors (Lipinski definition) is 5. The molecule has 2 amide bonds. The van der Waals surface area contributed by atoms with Crippen LogP contribution in [0.2, 0.25) is 0 Å². The molecule has 0 saturated carbocycles. The van der Waals surface area contributed by atoms with Gasteiger partial charge in [0.2, 0.25) is 0 Å². The van der Waals surface area contributed by atoms with Crippen molar-refractivity contribution < 1.29 is 14.0 Å². The van der Waals surface area contributed by atoms with Gasteiger partial charge in [0.05, 0.1) is 5.71 Å². The minimum atomic E-state index is -0.369. The van der Waals surface area contributed by atoms with Crippen molar-refractivity contribution in [1.82, 2.24) is 15.3 Å². The number of hydrogen-bond donors (Lipinski definition) is 1. The van der Waals surface area contributed by atoms with Crippen molar-refractivity contribution in [3.63, 3.8) is 0 Å². The average Bonchev–Trinajstić information content (AvgIpc) is 2.97. The Morgan fingerprint density at radius 3 is 2.76 bits per heavy atom. The van der Waals surface area contributed by atoms with Gasteiger partial charge in [-0.15, -0.1) is 0 Å². The van der Waals surface area contributed by atoms with Crippen LogP contribution in [0.1, 0.15) is 50.8 Å². The summed E-state index contributed by atoms with van der Waals surface area (Å²) in [4.78, 5) is 29.9. The van der Waals surface area contributed by atoms with Gasteiger partial charge in [-0.2, -0.15) is 5.10 Å². The highest BCUT2D eigenvalue weighted by Crippen LogP contribution is 2.30. The van der Waals surface area contributed by atoms with Gasteiger partial charge < -0.3 is 9.32 Å². The molecule has 0 aliphatic heterocycles. The van der Waals surface area contributed by atoms with Crippen molar-refractivity contribution in [2.45, 2.75) is 26.2 Å². The van der Waals surface area contributed by atoms with E-state index in [1.54, 1.807) is 38.5 Å². The van der Waals surface area contributed by atoms with Crippen LogP contribution in [0.15, 0.2) is 33.9 Å². The monoisotopic (exact) mass is 340 g/mol. The van der Waals surface area contributed by atoms with Gasteiger partial charge in [0.1, 0.15) is 11.5 Å². The number of fused-ring (bicyclic) bond motifs is 1. The second-order valence-electron chi connectivity index (χ2n) is 6.12. The molecule has 0 atom stereocenters. The van der Waals surface area contributed by atoms with Crippen molar-refractivity contribution in [2.24, 2.45) is 5.10 Å². The zero-order valence-electron chi connectivity index (χ0n) is 14.5. The van der Waals surface area contributed by atoms with Gasteiger partial charge in [0, 0.05) is 37.8 Å². The van der Waals surface area contributed by atoms with Crippen LogP contribution in [0.3, 0.4) is 0 Å². The fraction of sp³-hybridized carbons (Fsp3) is 0.333. The number of aryl methyl sites for hydroxylation is 1. The van der Waals surface area contributed by atoms with Crippen LogP contribution in [-0.4, -0.2) is 41.5 Å². The largest absolute Gasteiger partial charge is 0.455 e. The number of nitrogens with one attached hydrogen (secondary N) is 1. The lowest BCUT2D eigenvalue weighted by molar-refractivity contribution is 0.0793. The quantitative estimate of drug-likeness (QED) is 0.867. The van der Waals surface area contributed by atoms with Crippen LogP contribution in [0.5, 0.6) is 0 Å². The Morgan fingerprint density at radius 1 is 1.28 bits per heavy atom. The molecule has 2 heterocycles. The van der Waals surface area contributed by atoms with Gasteiger partial charge in [-0.25, -0.2) is 5.43 Å². The Bertz CT molecular complexity index is 838. The van der Waals surface area contributed by atoms with E-state index in [1.165, 1.54) is 4.90 Å². The third-order valence-corrected chi connectivity index (χ3v) is 4.12.